The molecule has 1 aliphatic heterocycles. The van der Waals surface area contributed by atoms with E-state index in [9.17, 15) is 13.2 Å². The van der Waals surface area contributed by atoms with E-state index in [0.717, 1.165) is 13.1 Å². The molecule has 0 saturated carbocycles. The molecule has 0 bridgehead atoms. The number of ether oxygens (including phenoxy) is 1. The van der Waals surface area contributed by atoms with Crippen molar-refractivity contribution >= 4 is 15.9 Å². The molecule has 0 aliphatic carbocycles. The van der Waals surface area contributed by atoms with Crippen molar-refractivity contribution in [3.8, 4) is 0 Å². The molecule has 0 aromatic carbocycles. The van der Waals surface area contributed by atoms with Crippen LogP contribution in [0.25, 0.3) is 0 Å². The van der Waals surface area contributed by atoms with Gasteiger partial charge in [-0.05, 0) is 20.8 Å². The third kappa shape index (κ3) is 4.76. The van der Waals surface area contributed by atoms with Gasteiger partial charge >= 0.3 is 0 Å². The molecule has 10 heteroatoms. The molecular weight excluding hydrogens is 336 g/mol. The average molecular weight is 360 g/mol. The molecule has 1 aromatic heterocycles. The summed E-state index contributed by atoms with van der Waals surface area (Å²) in [5, 5.41) is 6.36. The molecule has 1 aliphatic rings. The molecule has 2 N–H and O–H groups in total. The minimum absolute atomic E-state index is 0.0181. The van der Waals surface area contributed by atoms with Crippen LogP contribution in [0.4, 0.5) is 0 Å². The van der Waals surface area contributed by atoms with E-state index in [0.29, 0.717) is 26.3 Å². The van der Waals surface area contributed by atoms with E-state index >= 15 is 0 Å². The maximum absolute atomic E-state index is 12.4. The van der Waals surface area contributed by atoms with Crippen LogP contribution >= 0.6 is 0 Å². The van der Waals surface area contributed by atoms with E-state index < -0.39 is 16.1 Å². The number of rotatable bonds is 7. The van der Waals surface area contributed by atoms with Gasteiger partial charge in [0.2, 0.25) is 15.9 Å². The van der Waals surface area contributed by atoms with Crippen molar-refractivity contribution in [2.75, 3.05) is 39.4 Å². The zero-order valence-electron chi connectivity index (χ0n) is 14.2. The summed E-state index contributed by atoms with van der Waals surface area (Å²) in [7, 11) is -3.86. The predicted octanol–water partition coefficient (Wildman–Crippen LogP) is -0.593. The van der Waals surface area contributed by atoms with Crippen LogP contribution in [0.2, 0.25) is 0 Å². The minimum atomic E-state index is -3.86. The molecule has 2 heterocycles. The fraction of sp³-hybridized carbons (Fsp3) is 0.714. The van der Waals surface area contributed by atoms with Gasteiger partial charge in [-0.25, -0.2) is 8.42 Å². The van der Waals surface area contributed by atoms with Crippen LogP contribution in [0.5, 0.6) is 0 Å². The number of hydrogen-bond donors (Lipinski definition) is 2. The number of morpholine rings is 1. The summed E-state index contributed by atoms with van der Waals surface area (Å²) in [6.07, 6.45) is 0. The molecule has 1 aromatic rings. The van der Waals surface area contributed by atoms with E-state index in [2.05, 4.69) is 20.1 Å². The lowest BCUT2D eigenvalue weighted by molar-refractivity contribution is -0.122. The number of aryl methyl sites for hydroxylation is 2. The van der Waals surface area contributed by atoms with Gasteiger partial charge in [-0.15, -0.1) is 0 Å². The van der Waals surface area contributed by atoms with Crippen molar-refractivity contribution in [2.24, 2.45) is 0 Å². The highest BCUT2D eigenvalue weighted by Crippen LogP contribution is 2.18. The average Bonchev–Trinajstić information content (AvgIpc) is 2.87. The summed E-state index contributed by atoms with van der Waals surface area (Å²) >= 11 is 0. The van der Waals surface area contributed by atoms with E-state index in [1.54, 1.807) is 0 Å². The molecule has 1 saturated heterocycles. The Morgan fingerprint density at radius 2 is 2.00 bits per heavy atom. The second-order valence-electron chi connectivity index (χ2n) is 5.74. The Bertz CT molecular complexity index is 647. The van der Waals surface area contributed by atoms with Crippen molar-refractivity contribution in [3.05, 3.63) is 11.5 Å². The van der Waals surface area contributed by atoms with Crippen LogP contribution in [0.1, 0.15) is 18.4 Å². The molecular formula is C14H24N4O5S. The van der Waals surface area contributed by atoms with Crippen LogP contribution in [0.15, 0.2) is 9.42 Å². The summed E-state index contributed by atoms with van der Waals surface area (Å²) < 4.78 is 37.2. The van der Waals surface area contributed by atoms with Crippen LogP contribution in [0.3, 0.4) is 0 Å². The second-order valence-corrected chi connectivity index (χ2v) is 7.39. The van der Waals surface area contributed by atoms with Crippen LogP contribution in [-0.4, -0.2) is 69.8 Å². The Morgan fingerprint density at radius 3 is 2.58 bits per heavy atom. The fourth-order valence-electron chi connectivity index (χ4n) is 2.52. The maximum Gasteiger partial charge on any atom is 0.246 e. The zero-order valence-corrected chi connectivity index (χ0v) is 15.0. The quantitative estimate of drug-likeness (QED) is 0.668. The van der Waals surface area contributed by atoms with E-state index in [-0.39, 0.29) is 22.3 Å². The summed E-state index contributed by atoms with van der Waals surface area (Å²) in [4.78, 5) is 14.2. The highest BCUT2D eigenvalue weighted by molar-refractivity contribution is 7.89. The number of nitrogens with one attached hydrogen (secondary N) is 2. The molecule has 136 valence electrons. The first-order valence-corrected chi connectivity index (χ1v) is 9.32. The number of carbonyl (C=O) groups is 1. The summed E-state index contributed by atoms with van der Waals surface area (Å²) in [5.41, 5.74) is 0.264. The Hall–Kier alpha value is -1.49. The van der Waals surface area contributed by atoms with Gasteiger partial charge in [0.15, 0.2) is 5.76 Å². The molecule has 1 atom stereocenters. The SMILES string of the molecule is Cc1noc(C)c1S(=O)(=O)N[C@@H](C)C(=O)NCCN1CCOCC1. The number of carbonyl (C=O) groups excluding carboxylic acids is 1. The Balaban J connectivity index is 1.84. The van der Waals surface area contributed by atoms with Gasteiger partial charge in [0.05, 0.1) is 19.3 Å². The molecule has 0 unspecified atom stereocenters. The first-order valence-electron chi connectivity index (χ1n) is 7.84. The van der Waals surface area contributed by atoms with Crippen molar-refractivity contribution in [1.29, 1.82) is 0 Å². The number of amides is 1. The minimum Gasteiger partial charge on any atom is -0.379 e. The predicted molar refractivity (Wildman–Crippen MR) is 86.0 cm³/mol. The third-order valence-corrected chi connectivity index (χ3v) is 5.58. The van der Waals surface area contributed by atoms with Crippen molar-refractivity contribution < 1.29 is 22.5 Å². The van der Waals surface area contributed by atoms with Crippen LogP contribution < -0.4 is 10.0 Å². The van der Waals surface area contributed by atoms with Gasteiger partial charge in [-0.2, -0.15) is 4.72 Å². The smallest absolute Gasteiger partial charge is 0.246 e. The normalized spacial score (nSPS) is 17.6. The fourth-order valence-corrected chi connectivity index (χ4v) is 4.05. The van der Waals surface area contributed by atoms with Gasteiger partial charge in [0.25, 0.3) is 0 Å². The lowest BCUT2D eigenvalue weighted by Crippen LogP contribution is -2.47. The van der Waals surface area contributed by atoms with Crippen LogP contribution in [0, 0.1) is 13.8 Å². The van der Waals surface area contributed by atoms with Crippen molar-refractivity contribution in [3.63, 3.8) is 0 Å². The van der Waals surface area contributed by atoms with E-state index in [1.165, 1.54) is 20.8 Å². The number of hydrogen-bond acceptors (Lipinski definition) is 7. The first-order chi connectivity index (χ1) is 11.3. The summed E-state index contributed by atoms with van der Waals surface area (Å²) in [6.45, 7) is 8.78. The highest BCUT2D eigenvalue weighted by atomic mass is 32.2. The second kappa shape index (κ2) is 8.06. The van der Waals surface area contributed by atoms with Crippen molar-refractivity contribution in [1.82, 2.24) is 20.1 Å². The van der Waals surface area contributed by atoms with Gasteiger partial charge < -0.3 is 14.6 Å². The summed E-state index contributed by atoms with van der Waals surface area (Å²) in [6, 6.07) is -0.895. The van der Waals surface area contributed by atoms with Gasteiger partial charge in [0.1, 0.15) is 10.6 Å². The standard InChI is InChI=1S/C14H24N4O5S/c1-10-13(12(3)23-16-10)24(20,21)17-11(2)14(19)15-4-5-18-6-8-22-9-7-18/h11,17H,4-9H2,1-3H3,(H,15,19)/t11-/m0/s1. The highest BCUT2D eigenvalue weighted by Gasteiger charge is 2.28. The molecule has 24 heavy (non-hydrogen) atoms. The molecule has 2 rings (SSSR count). The monoisotopic (exact) mass is 360 g/mol. The largest absolute Gasteiger partial charge is 0.379 e. The lowest BCUT2D eigenvalue weighted by Gasteiger charge is -2.26. The Kier molecular flexibility index (Phi) is 6.33. The Labute approximate surface area is 141 Å². The van der Waals surface area contributed by atoms with Gasteiger partial charge in [-0.3, -0.25) is 9.69 Å². The van der Waals surface area contributed by atoms with Crippen LogP contribution in [-0.2, 0) is 19.6 Å². The van der Waals surface area contributed by atoms with Gasteiger partial charge in [0, 0.05) is 26.2 Å². The topological polar surface area (TPSA) is 114 Å². The molecule has 1 amide bonds. The van der Waals surface area contributed by atoms with E-state index in [4.69, 9.17) is 9.26 Å². The molecule has 9 nitrogen and oxygen atoms in total. The summed E-state index contributed by atoms with van der Waals surface area (Å²) in [5.74, 6) is -0.182. The number of aromatic nitrogens is 1. The number of sulfonamides is 1. The molecule has 1 fully saturated rings. The van der Waals surface area contributed by atoms with Gasteiger partial charge in [-0.1, -0.05) is 5.16 Å². The lowest BCUT2D eigenvalue weighted by atomic mass is 10.3. The van der Waals surface area contributed by atoms with E-state index in [1.807, 2.05) is 0 Å². The molecule has 0 radical (unpaired) electrons. The maximum atomic E-state index is 12.4. The van der Waals surface area contributed by atoms with Crippen molar-refractivity contribution in [2.45, 2.75) is 31.7 Å². The number of nitrogens with zero attached hydrogens (tertiary/aromatic N) is 2. The Morgan fingerprint density at radius 1 is 1.33 bits per heavy atom. The zero-order chi connectivity index (χ0) is 17.7. The third-order valence-electron chi connectivity index (χ3n) is 3.79. The molecule has 0 spiro atoms. The first kappa shape index (κ1) is 18.8.